The van der Waals surface area contributed by atoms with Gasteiger partial charge in [0.1, 0.15) is 0 Å². The SMILES string of the molecule is C=C([C@H](CCC)OCC)N1C=CN(C)C1. The van der Waals surface area contributed by atoms with E-state index in [-0.39, 0.29) is 6.10 Å². The first-order valence-electron chi connectivity index (χ1n) is 5.64. The standard InChI is InChI=1S/C12H22N2O/c1-5-7-12(15-6-2)11(3)14-9-8-13(4)10-14/h8-9,12H,3,5-7,10H2,1-2,4H3/t12-/m0/s1. The Kier molecular flexibility index (Phi) is 4.69. The highest BCUT2D eigenvalue weighted by atomic mass is 16.5. The summed E-state index contributed by atoms with van der Waals surface area (Å²) in [6, 6.07) is 0. The highest BCUT2D eigenvalue weighted by Gasteiger charge is 2.19. The van der Waals surface area contributed by atoms with Gasteiger partial charge in [-0.25, -0.2) is 0 Å². The zero-order chi connectivity index (χ0) is 11.3. The topological polar surface area (TPSA) is 15.7 Å². The van der Waals surface area contributed by atoms with Crippen LogP contribution in [-0.4, -0.2) is 36.2 Å². The summed E-state index contributed by atoms with van der Waals surface area (Å²) >= 11 is 0. The molecule has 1 rings (SSSR count). The van der Waals surface area contributed by atoms with E-state index in [1.54, 1.807) is 0 Å². The molecular weight excluding hydrogens is 188 g/mol. The van der Waals surface area contributed by atoms with Crippen molar-refractivity contribution in [3.05, 3.63) is 24.7 Å². The Morgan fingerprint density at radius 3 is 2.67 bits per heavy atom. The second-order valence-electron chi connectivity index (χ2n) is 3.89. The maximum absolute atomic E-state index is 5.70. The number of nitrogens with zero attached hydrogens (tertiary/aromatic N) is 2. The first kappa shape index (κ1) is 12.1. The van der Waals surface area contributed by atoms with E-state index in [0.717, 1.165) is 31.8 Å². The minimum absolute atomic E-state index is 0.163. The van der Waals surface area contributed by atoms with E-state index in [1.165, 1.54) is 0 Å². The van der Waals surface area contributed by atoms with E-state index in [2.05, 4.69) is 42.8 Å². The molecule has 0 aromatic rings. The van der Waals surface area contributed by atoms with E-state index in [9.17, 15) is 0 Å². The van der Waals surface area contributed by atoms with E-state index in [1.807, 2.05) is 6.92 Å². The van der Waals surface area contributed by atoms with Crippen molar-refractivity contribution in [3.8, 4) is 0 Å². The number of hydrogen-bond donors (Lipinski definition) is 0. The minimum atomic E-state index is 0.163. The molecule has 0 fully saturated rings. The van der Waals surface area contributed by atoms with Crippen LogP contribution < -0.4 is 0 Å². The molecule has 0 aromatic heterocycles. The van der Waals surface area contributed by atoms with Crippen molar-refractivity contribution < 1.29 is 4.74 Å². The van der Waals surface area contributed by atoms with Gasteiger partial charge in [0, 0.05) is 31.8 Å². The van der Waals surface area contributed by atoms with Crippen LogP contribution in [-0.2, 0) is 4.74 Å². The fourth-order valence-corrected chi connectivity index (χ4v) is 1.71. The van der Waals surface area contributed by atoms with Crippen molar-refractivity contribution >= 4 is 0 Å². The molecule has 0 spiro atoms. The molecule has 3 heteroatoms. The lowest BCUT2D eigenvalue weighted by Gasteiger charge is -2.27. The van der Waals surface area contributed by atoms with Gasteiger partial charge in [0.05, 0.1) is 12.8 Å². The summed E-state index contributed by atoms with van der Waals surface area (Å²) in [4.78, 5) is 4.27. The zero-order valence-electron chi connectivity index (χ0n) is 10.1. The summed E-state index contributed by atoms with van der Waals surface area (Å²) in [5.41, 5.74) is 1.07. The number of rotatable bonds is 6. The van der Waals surface area contributed by atoms with Crippen molar-refractivity contribution in [2.24, 2.45) is 0 Å². The third-order valence-electron chi connectivity index (χ3n) is 2.54. The minimum Gasteiger partial charge on any atom is -0.372 e. The highest BCUT2D eigenvalue weighted by molar-refractivity contribution is 5.09. The maximum atomic E-state index is 5.70. The average molecular weight is 210 g/mol. The van der Waals surface area contributed by atoms with Gasteiger partial charge >= 0.3 is 0 Å². The second kappa shape index (κ2) is 5.81. The van der Waals surface area contributed by atoms with Crippen LogP contribution in [0.5, 0.6) is 0 Å². The van der Waals surface area contributed by atoms with Gasteiger partial charge in [-0.15, -0.1) is 0 Å². The van der Waals surface area contributed by atoms with Crippen LogP contribution in [0.1, 0.15) is 26.7 Å². The molecule has 0 radical (unpaired) electrons. The van der Waals surface area contributed by atoms with Crippen molar-refractivity contribution in [3.63, 3.8) is 0 Å². The van der Waals surface area contributed by atoms with Gasteiger partial charge in [-0.3, -0.25) is 0 Å². The zero-order valence-corrected chi connectivity index (χ0v) is 10.1. The van der Waals surface area contributed by atoms with Crippen molar-refractivity contribution in [1.29, 1.82) is 0 Å². The van der Waals surface area contributed by atoms with Crippen LogP contribution >= 0.6 is 0 Å². The molecule has 1 atom stereocenters. The van der Waals surface area contributed by atoms with Gasteiger partial charge in [0.15, 0.2) is 0 Å². The first-order chi connectivity index (χ1) is 7.19. The summed E-state index contributed by atoms with van der Waals surface area (Å²) in [5.74, 6) is 0. The molecule has 0 amide bonds. The summed E-state index contributed by atoms with van der Waals surface area (Å²) in [6.45, 7) is 9.96. The van der Waals surface area contributed by atoms with Gasteiger partial charge in [-0.05, 0) is 13.3 Å². The lowest BCUT2D eigenvalue weighted by Crippen LogP contribution is -2.29. The van der Waals surface area contributed by atoms with E-state index >= 15 is 0 Å². The smallest absolute Gasteiger partial charge is 0.0968 e. The molecule has 3 nitrogen and oxygen atoms in total. The molecule has 0 aromatic carbocycles. The normalized spacial score (nSPS) is 17.3. The van der Waals surface area contributed by atoms with Crippen molar-refractivity contribution in [2.45, 2.75) is 32.8 Å². The highest BCUT2D eigenvalue weighted by Crippen LogP contribution is 2.19. The first-order valence-corrected chi connectivity index (χ1v) is 5.64. The summed E-state index contributed by atoms with van der Waals surface area (Å²) < 4.78 is 5.70. The fourth-order valence-electron chi connectivity index (χ4n) is 1.71. The van der Waals surface area contributed by atoms with E-state index in [0.29, 0.717) is 0 Å². The molecule has 15 heavy (non-hydrogen) atoms. The molecule has 1 heterocycles. The largest absolute Gasteiger partial charge is 0.372 e. The van der Waals surface area contributed by atoms with Gasteiger partial charge < -0.3 is 14.5 Å². The van der Waals surface area contributed by atoms with Gasteiger partial charge in [0.25, 0.3) is 0 Å². The molecular formula is C12H22N2O. The van der Waals surface area contributed by atoms with Crippen LogP contribution in [0.4, 0.5) is 0 Å². The van der Waals surface area contributed by atoms with E-state index in [4.69, 9.17) is 4.74 Å². The second-order valence-corrected chi connectivity index (χ2v) is 3.89. The Balaban J connectivity index is 2.52. The molecule has 1 aliphatic rings. The van der Waals surface area contributed by atoms with Crippen LogP contribution in [0.3, 0.4) is 0 Å². The Morgan fingerprint density at radius 2 is 2.20 bits per heavy atom. The molecule has 86 valence electrons. The van der Waals surface area contributed by atoms with Crippen LogP contribution in [0, 0.1) is 0 Å². The predicted molar refractivity (Wildman–Crippen MR) is 63.1 cm³/mol. The molecule has 0 saturated heterocycles. The Labute approximate surface area is 93.0 Å². The third kappa shape index (κ3) is 3.27. The lowest BCUT2D eigenvalue weighted by molar-refractivity contribution is 0.0640. The predicted octanol–water partition coefficient (Wildman–Crippen LogP) is 2.38. The molecule has 0 unspecified atom stereocenters. The number of hydrogen-bond acceptors (Lipinski definition) is 3. The third-order valence-corrected chi connectivity index (χ3v) is 2.54. The van der Waals surface area contributed by atoms with Crippen molar-refractivity contribution in [2.75, 3.05) is 20.3 Å². The molecule has 0 bridgehead atoms. The molecule has 0 aliphatic carbocycles. The Morgan fingerprint density at radius 1 is 1.47 bits per heavy atom. The molecule has 1 aliphatic heterocycles. The van der Waals surface area contributed by atoms with Crippen LogP contribution in [0.2, 0.25) is 0 Å². The summed E-state index contributed by atoms with van der Waals surface area (Å²) in [6.07, 6.45) is 6.44. The van der Waals surface area contributed by atoms with Gasteiger partial charge in [0.2, 0.25) is 0 Å². The Hall–Kier alpha value is -0.960. The maximum Gasteiger partial charge on any atom is 0.0968 e. The summed E-state index contributed by atoms with van der Waals surface area (Å²) in [7, 11) is 2.05. The monoisotopic (exact) mass is 210 g/mol. The lowest BCUT2D eigenvalue weighted by atomic mass is 10.1. The van der Waals surface area contributed by atoms with Crippen LogP contribution in [0.15, 0.2) is 24.7 Å². The van der Waals surface area contributed by atoms with Crippen LogP contribution in [0.25, 0.3) is 0 Å². The Bertz CT molecular complexity index is 232. The molecule has 0 N–H and O–H groups in total. The number of ether oxygens (including phenoxy) is 1. The quantitative estimate of drug-likeness (QED) is 0.669. The average Bonchev–Trinajstić information content (AvgIpc) is 2.63. The van der Waals surface area contributed by atoms with Gasteiger partial charge in [-0.2, -0.15) is 0 Å². The van der Waals surface area contributed by atoms with E-state index < -0.39 is 0 Å². The summed E-state index contributed by atoms with van der Waals surface area (Å²) in [5, 5.41) is 0. The molecule has 0 saturated carbocycles. The van der Waals surface area contributed by atoms with Crippen molar-refractivity contribution in [1.82, 2.24) is 9.80 Å². The van der Waals surface area contributed by atoms with Gasteiger partial charge in [-0.1, -0.05) is 19.9 Å². The fraction of sp³-hybridized carbons (Fsp3) is 0.667.